The number of nitrogens with zero attached hydrogens (tertiary/aromatic N) is 2. The second kappa shape index (κ2) is 5.53. The number of methoxy groups -OCH3 is 1. The number of benzene rings is 2. The highest BCUT2D eigenvalue weighted by molar-refractivity contribution is 5.83. The van der Waals surface area contributed by atoms with Crippen LogP contribution >= 0.6 is 0 Å². The molecule has 0 spiro atoms. The summed E-state index contributed by atoms with van der Waals surface area (Å²) < 4.78 is 43.7. The van der Waals surface area contributed by atoms with E-state index >= 15 is 0 Å². The Hall–Kier alpha value is -2.63. The molecule has 2 aromatic carbocycles. The molecule has 3 nitrogen and oxygen atoms in total. The van der Waals surface area contributed by atoms with E-state index in [1.807, 2.05) is 0 Å². The minimum Gasteiger partial charge on any atom is -0.497 e. The van der Waals surface area contributed by atoms with Crippen LogP contribution in [0.25, 0.3) is 22.3 Å². The van der Waals surface area contributed by atoms with Crippen molar-refractivity contribution in [2.75, 3.05) is 7.11 Å². The molecule has 0 amide bonds. The predicted molar refractivity (Wildman–Crippen MR) is 81.3 cm³/mol. The number of hydrogen-bond acceptors (Lipinski definition) is 3. The summed E-state index contributed by atoms with van der Waals surface area (Å²) >= 11 is 0. The van der Waals surface area contributed by atoms with E-state index in [9.17, 15) is 13.2 Å². The van der Waals surface area contributed by atoms with Gasteiger partial charge >= 0.3 is 6.18 Å². The van der Waals surface area contributed by atoms with Gasteiger partial charge in [-0.2, -0.15) is 13.2 Å². The van der Waals surface area contributed by atoms with E-state index in [1.165, 1.54) is 6.07 Å². The van der Waals surface area contributed by atoms with Crippen molar-refractivity contribution in [1.82, 2.24) is 9.97 Å². The number of halogens is 3. The maximum absolute atomic E-state index is 12.9. The minimum atomic E-state index is -4.40. The van der Waals surface area contributed by atoms with E-state index in [0.29, 0.717) is 28.2 Å². The second-order valence-electron chi connectivity index (χ2n) is 5.09. The molecule has 0 aliphatic rings. The van der Waals surface area contributed by atoms with Gasteiger partial charge in [0, 0.05) is 16.6 Å². The van der Waals surface area contributed by atoms with Crippen molar-refractivity contribution in [3.8, 4) is 17.1 Å². The molecule has 0 fully saturated rings. The first kappa shape index (κ1) is 15.3. The van der Waals surface area contributed by atoms with E-state index in [1.54, 1.807) is 38.3 Å². The van der Waals surface area contributed by atoms with Crippen LogP contribution in [0.2, 0.25) is 0 Å². The summed E-state index contributed by atoms with van der Waals surface area (Å²) in [7, 11) is 1.56. The standard InChI is InChI=1S/C17H13F3N2O/c1-10-14-8-5-12(17(18,19)20)9-15(14)22-16(21-10)11-3-6-13(23-2)7-4-11/h3-9H,1-2H3. The monoisotopic (exact) mass is 318 g/mol. The minimum absolute atomic E-state index is 0.276. The molecular weight excluding hydrogens is 305 g/mol. The van der Waals surface area contributed by atoms with Crippen molar-refractivity contribution in [2.45, 2.75) is 13.1 Å². The van der Waals surface area contributed by atoms with Gasteiger partial charge in [-0.05, 0) is 43.3 Å². The van der Waals surface area contributed by atoms with Crippen LogP contribution in [0, 0.1) is 6.92 Å². The lowest BCUT2D eigenvalue weighted by Gasteiger charge is -2.10. The second-order valence-corrected chi connectivity index (χ2v) is 5.09. The third-order valence-corrected chi connectivity index (χ3v) is 3.56. The van der Waals surface area contributed by atoms with Crippen molar-refractivity contribution < 1.29 is 17.9 Å². The number of aromatic nitrogens is 2. The Kier molecular flexibility index (Phi) is 3.67. The first-order valence-corrected chi connectivity index (χ1v) is 6.88. The summed E-state index contributed by atoms with van der Waals surface area (Å²) in [6.45, 7) is 1.75. The lowest BCUT2D eigenvalue weighted by molar-refractivity contribution is -0.137. The summed E-state index contributed by atoms with van der Waals surface area (Å²) in [6.07, 6.45) is -4.40. The lowest BCUT2D eigenvalue weighted by Crippen LogP contribution is -2.05. The van der Waals surface area contributed by atoms with Crippen LogP contribution in [-0.4, -0.2) is 17.1 Å². The molecule has 23 heavy (non-hydrogen) atoms. The fraction of sp³-hybridized carbons (Fsp3) is 0.176. The number of aryl methyl sites for hydroxylation is 1. The molecular formula is C17H13F3N2O. The van der Waals surface area contributed by atoms with Crippen molar-refractivity contribution in [2.24, 2.45) is 0 Å². The molecule has 0 atom stereocenters. The van der Waals surface area contributed by atoms with Gasteiger partial charge in [-0.3, -0.25) is 0 Å². The average molecular weight is 318 g/mol. The van der Waals surface area contributed by atoms with Gasteiger partial charge in [0.15, 0.2) is 5.82 Å². The van der Waals surface area contributed by atoms with Gasteiger partial charge in [-0.25, -0.2) is 9.97 Å². The highest BCUT2D eigenvalue weighted by atomic mass is 19.4. The van der Waals surface area contributed by atoms with Gasteiger partial charge in [-0.15, -0.1) is 0 Å². The van der Waals surface area contributed by atoms with E-state index in [-0.39, 0.29) is 5.52 Å². The molecule has 118 valence electrons. The number of alkyl halides is 3. The summed E-state index contributed by atoms with van der Waals surface area (Å²) in [5.74, 6) is 1.07. The van der Waals surface area contributed by atoms with Gasteiger partial charge in [0.05, 0.1) is 18.2 Å². The predicted octanol–water partition coefficient (Wildman–Crippen LogP) is 4.63. The molecule has 1 heterocycles. The fourth-order valence-corrected chi connectivity index (χ4v) is 2.33. The van der Waals surface area contributed by atoms with Crippen LogP contribution in [0.5, 0.6) is 5.75 Å². The maximum atomic E-state index is 12.9. The van der Waals surface area contributed by atoms with Crippen LogP contribution in [0.3, 0.4) is 0 Å². The number of hydrogen-bond donors (Lipinski definition) is 0. The Morgan fingerprint density at radius 2 is 1.65 bits per heavy atom. The summed E-state index contributed by atoms with van der Waals surface area (Å²) in [4.78, 5) is 8.67. The molecule has 0 radical (unpaired) electrons. The third-order valence-electron chi connectivity index (χ3n) is 3.56. The first-order valence-electron chi connectivity index (χ1n) is 6.88. The summed E-state index contributed by atoms with van der Waals surface area (Å²) in [5, 5.41) is 0.607. The van der Waals surface area contributed by atoms with Crippen molar-refractivity contribution in [3.63, 3.8) is 0 Å². The van der Waals surface area contributed by atoms with Crippen molar-refractivity contribution in [3.05, 3.63) is 53.7 Å². The number of ether oxygens (including phenoxy) is 1. The van der Waals surface area contributed by atoms with Crippen LogP contribution in [0.4, 0.5) is 13.2 Å². The zero-order valence-electron chi connectivity index (χ0n) is 12.5. The van der Waals surface area contributed by atoms with Crippen LogP contribution in [-0.2, 0) is 6.18 Å². The SMILES string of the molecule is COc1ccc(-c2nc(C)c3ccc(C(F)(F)F)cc3n2)cc1. The highest BCUT2D eigenvalue weighted by Crippen LogP contribution is 2.32. The lowest BCUT2D eigenvalue weighted by atomic mass is 10.1. The van der Waals surface area contributed by atoms with Gasteiger partial charge in [0.1, 0.15) is 5.75 Å². The molecule has 0 aliphatic carbocycles. The zero-order valence-corrected chi connectivity index (χ0v) is 12.5. The van der Waals surface area contributed by atoms with Crippen molar-refractivity contribution >= 4 is 10.9 Å². The third kappa shape index (κ3) is 2.97. The van der Waals surface area contributed by atoms with Gasteiger partial charge in [0.2, 0.25) is 0 Å². The summed E-state index contributed by atoms with van der Waals surface area (Å²) in [6, 6.07) is 10.6. The van der Waals surface area contributed by atoms with Crippen LogP contribution in [0.15, 0.2) is 42.5 Å². The Bertz CT molecular complexity index is 858. The Morgan fingerprint density at radius 1 is 0.957 bits per heavy atom. The Morgan fingerprint density at radius 3 is 2.26 bits per heavy atom. The molecule has 0 unspecified atom stereocenters. The molecule has 0 aliphatic heterocycles. The van der Waals surface area contributed by atoms with Gasteiger partial charge < -0.3 is 4.74 Å². The zero-order chi connectivity index (χ0) is 16.6. The van der Waals surface area contributed by atoms with Crippen LogP contribution < -0.4 is 4.74 Å². The van der Waals surface area contributed by atoms with E-state index in [0.717, 1.165) is 12.1 Å². The van der Waals surface area contributed by atoms with Crippen molar-refractivity contribution in [1.29, 1.82) is 0 Å². The Balaban J connectivity index is 2.14. The topological polar surface area (TPSA) is 35.0 Å². The largest absolute Gasteiger partial charge is 0.497 e. The highest BCUT2D eigenvalue weighted by Gasteiger charge is 2.30. The quantitative estimate of drug-likeness (QED) is 0.691. The van der Waals surface area contributed by atoms with E-state index < -0.39 is 11.7 Å². The average Bonchev–Trinajstić information content (AvgIpc) is 2.53. The molecule has 3 rings (SSSR count). The molecule has 0 saturated heterocycles. The molecule has 6 heteroatoms. The number of rotatable bonds is 2. The molecule has 0 bridgehead atoms. The van der Waals surface area contributed by atoms with Gasteiger partial charge in [-0.1, -0.05) is 6.07 Å². The maximum Gasteiger partial charge on any atom is 0.416 e. The van der Waals surface area contributed by atoms with Crippen LogP contribution in [0.1, 0.15) is 11.3 Å². The van der Waals surface area contributed by atoms with E-state index in [4.69, 9.17) is 4.74 Å². The smallest absolute Gasteiger partial charge is 0.416 e. The number of fused-ring (bicyclic) bond motifs is 1. The normalized spacial score (nSPS) is 11.7. The van der Waals surface area contributed by atoms with E-state index in [2.05, 4.69) is 9.97 Å². The molecule has 1 aromatic heterocycles. The fourth-order valence-electron chi connectivity index (χ4n) is 2.33. The molecule has 0 saturated carbocycles. The molecule has 3 aromatic rings. The molecule has 0 N–H and O–H groups in total. The summed E-state index contributed by atoms with van der Waals surface area (Å²) in [5.41, 5.74) is 0.907. The van der Waals surface area contributed by atoms with Gasteiger partial charge in [0.25, 0.3) is 0 Å². The first-order chi connectivity index (χ1) is 10.9. The Labute approximate surface area is 130 Å².